The Bertz CT molecular complexity index is 1530. The van der Waals surface area contributed by atoms with Crippen molar-refractivity contribution in [3.05, 3.63) is 54.6 Å². The summed E-state index contributed by atoms with van der Waals surface area (Å²) in [5.74, 6) is 0.610. The van der Waals surface area contributed by atoms with Crippen molar-refractivity contribution in [3.8, 4) is 11.1 Å². The van der Waals surface area contributed by atoms with Crippen molar-refractivity contribution in [1.29, 1.82) is 0 Å². The molecule has 5 aromatic rings. The smallest absolute Gasteiger partial charge is 0.228 e. The number of amides is 1. The molecule has 178 valence electrons. The molecule has 1 aliphatic rings. The lowest BCUT2D eigenvalue weighted by molar-refractivity contribution is -0.117. The molecule has 0 spiro atoms. The van der Waals surface area contributed by atoms with E-state index >= 15 is 0 Å². The highest BCUT2D eigenvalue weighted by Crippen LogP contribution is 2.30. The van der Waals surface area contributed by atoms with E-state index in [2.05, 4.69) is 30.8 Å². The van der Waals surface area contributed by atoms with Crippen molar-refractivity contribution >= 4 is 28.4 Å². The number of anilines is 1. The predicted molar refractivity (Wildman–Crippen MR) is 125 cm³/mol. The van der Waals surface area contributed by atoms with E-state index in [1.54, 1.807) is 26.3 Å². The average Bonchev–Trinajstić information content (AvgIpc) is 3.30. The van der Waals surface area contributed by atoms with E-state index in [9.17, 15) is 9.90 Å². The van der Waals surface area contributed by atoms with Gasteiger partial charge in [-0.1, -0.05) is 11.3 Å². The molecule has 1 saturated carbocycles. The van der Waals surface area contributed by atoms with Gasteiger partial charge in [-0.05, 0) is 42.7 Å². The molecule has 1 fully saturated rings. The number of carbonyl (C=O) groups is 1. The predicted octanol–water partition coefficient (Wildman–Crippen LogP) is 1.09. The van der Waals surface area contributed by atoms with Crippen LogP contribution in [0.4, 0.5) is 5.82 Å². The third kappa shape index (κ3) is 4.36. The first-order chi connectivity index (χ1) is 17.1. The van der Waals surface area contributed by atoms with Crippen molar-refractivity contribution in [2.75, 3.05) is 11.9 Å². The summed E-state index contributed by atoms with van der Waals surface area (Å²) < 4.78 is 5.03. The summed E-state index contributed by atoms with van der Waals surface area (Å²) in [4.78, 5) is 16.4. The van der Waals surface area contributed by atoms with Crippen LogP contribution in [-0.2, 0) is 17.9 Å². The van der Waals surface area contributed by atoms with Gasteiger partial charge in [0.15, 0.2) is 11.5 Å². The third-order valence-electron chi connectivity index (χ3n) is 5.98. The zero-order valence-electron chi connectivity index (χ0n) is 18.7. The maximum atomic E-state index is 12.0. The van der Waals surface area contributed by atoms with Crippen LogP contribution in [0.2, 0.25) is 0 Å². The van der Waals surface area contributed by atoms with Gasteiger partial charge in [-0.3, -0.25) is 9.48 Å². The first-order valence-corrected chi connectivity index (χ1v) is 11.4. The number of carbonyl (C=O) groups excluding carboxylic acids is 1. The molecule has 3 N–H and O–H groups in total. The molecule has 1 atom stereocenters. The van der Waals surface area contributed by atoms with Crippen LogP contribution < -0.4 is 5.32 Å². The first kappa shape index (κ1) is 21.4. The van der Waals surface area contributed by atoms with Gasteiger partial charge in [-0.15, -0.1) is 5.10 Å². The molecular formula is C23H23N9O3. The number of nitrogens with one attached hydrogen (secondary N) is 1. The molecule has 6 rings (SSSR count). The summed E-state index contributed by atoms with van der Waals surface area (Å²) >= 11 is 0. The van der Waals surface area contributed by atoms with Crippen LogP contribution in [0.5, 0.6) is 0 Å². The van der Waals surface area contributed by atoms with Gasteiger partial charge in [0.1, 0.15) is 5.52 Å². The normalized spacial score (nSPS) is 14.6. The van der Waals surface area contributed by atoms with Gasteiger partial charge in [-0.2, -0.15) is 10.2 Å². The second-order valence-electron chi connectivity index (χ2n) is 8.76. The van der Waals surface area contributed by atoms with E-state index in [1.807, 2.05) is 36.5 Å². The fourth-order valence-electron chi connectivity index (χ4n) is 3.94. The topological polar surface area (TPSA) is 148 Å². The van der Waals surface area contributed by atoms with Crippen LogP contribution in [0.3, 0.4) is 0 Å². The number of hydrogen-bond donors (Lipinski definition) is 3. The molecule has 4 heterocycles. The number of nitrogens with zero attached hydrogens (tertiary/aromatic N) is 8. The molecule has 1 unspecified atom stereocenters. The summed E-state index contributed by atoms with van der Waals surface area (Å²) in [6.07, 6.45) is 6.26. The maximum absolute atomic E-state index is 12.0. The molecule has 12 heteroatoms. The van der Waals surface area contributed by atoms with Crippen LogP contribution >= 0.6 is 0 Å². The van der Waals surface area contributed by atoms with Crippen LogP contribution in [0, 0.1) is 5.92 Å². The number of rotatable bonds is 8. The minimum absolute atomic E-state index is 0.00800. The molecule has 0 radical (unpaired) electrons. The number of imidazole rings is 1. The standard InChI is InChI=1S/C23H23N9O3/c33-13-18(34)11-30-9-16(8-24-30)15-3-5-19-20(7-15)31(29-27-19)10-17-4-6-22-25-21(12-32(22)28-17)26-23(35)14-1-2-14/h3-9,12,14,18,33-34H,1-2,10-11,13H2,(H,26,35). The molecular weight excluding hydrogens is 450 g/mol. The highest BCUT2D eigenvalue weighted by molar-refractivity contribution is 5.93. The van der Waals surface area contributed by atoms with E-state index in [1.165, 1.54) is 0 Å². The minimum Gasteiger partial charge on any atom is -0.394 e. The minimum atomic E-state index is -0.859. The zero-order valence-corrected chi connectivity index (χ0v) is 18.7. The molecule has 0 aliphatic heterocycles. The van der Waals surface area contributed by atoms with Crippen molar-refractivity contribution < 1.29 is 15.0 Å². The number of aliphatic hydroxyl groups excluding tert-OH is 2. The largest absolute Gasteiger partial charge is 0.394 e. The highest BCUT2D eigenvalue weighted by Gasteiger charge is 2.30. The van der Waals surface area contributed by atoms with Gasteiger partial charge in [0, 0.05) is 17.7 Å². The van der Waals surface area contributed by atoms with Crippen molar-refractivity contribution in [1.82, 2.24) is 39.4 Å². The Kier molecular flexibility index (Phi) is 5.23. The summed E-state index contributed by atoms with van der Waals surface area (Å²) in [5, 5.41) is 39.0. The summed E-state index contributed by atoms with van der Waals surface area (Å²) in [7, 11) is 0. The monoisotopic (exact) mass is 473 g/mol. The van der Waals surface area contributed by atoms with Crippen molar-refractivity contribution in [2.45, 2.75) is 32.0 Å². The van der Waals surface area contributed by atoms with E-state index in [-0.39, 0.29) is 25.0 Å². The number of fused-ring (bicyclic) bond motifs is 2. The fraction of sp³-hybridized carbons (Fsp3) is 0.304. The zero-order chi connectivity index (χ0) is 23.9. The van der Waals surface area contributed by atoms with Gasteiger partial charge >= 0.3 is 0 Å². The summed E-state index contributed by atoms with van der Waals surface area (Å²) in [6, 6.07) is 9.56. The highest BCUT2D eigenvalue weighted by atomic mass is 16.3. The van der Waals surface area contributed by atoms with E-state index < -0.39 is 6.10 Å². The Balaban J connectivity index is 1.24. The van der Waals surface area contributed by atoms with Crippen LogP contribution in [0.15, 0.2) is 48.9 Å². The van der Waals surface area contributed by atoms with Crippen LogP contribution in [0.1, 0.15) is 18.5 Å². The Morgan fingerprint density at radius 1 is 1.17 bits per heavy atom. The molecule has 1 aliphatic carbocycles. The Labute approximate surface area is 198 Å². The second-order valence-corrected chi connectivity index (χ2v) is 8.76. The van der Waals surface area contributed by atoms with Gasteiger partial charge in [-0.25, -0.2) is 14.2 Å². The maximum Gasteiger partial charge on any atom is 0.228 e. The number of hydrogen-bond acceptors (Lipinski definition) is 8. The third-order valence-corrected chi connectivity index (χ3v) is 5.98. The summed E-state index contributed by atoms with van der Waals surface area (Å²) in [6.45, 7) is 0.299. The molecule has 1 aromatic carbocycles. The molecule has 35 heavy (non-hydrogen) atoms. The molecule has 0 saturated heterocycles. The average molecular weight is 473 g/mol. The number of aromatic nitrogens is 8. The van der Waals surface area contributed by atoms with Crippen LogP contribution in [-0.4, -0.2) is 68.2 Å². The molecule has 1 amide bonds. The van der Waals surface area contributed by atoms with Crippen LogP contribution in [0.25, 0.3) is 27.8 Å². The van der Waals surface area contributed by atoms with E-state index in [0.29, 0.717) is 18.0 Å². The van der Waals surface area contributed by atoms with Gasteiger partial charge < -0.3 is 15.5 Å². The molecule has 0 bridgehead atoms. The number of aliphatic hydroxyl groups is 2. The lowest BCUT2D eigenvalue weighted by Crippen LogP contribution is -2.19. The lowest BCUT2D eigenvalue weighted by atomic mass is 10.1. The second kappa shape index (κ2) is 8.56. The van der Waals surface area contributed by atoms with Crippen molar-refractivity contribution in [2.24, 2.45) is 5.92 Å². The SMILES string of the molecule is O=C(Nc1cn2nc(Cn3nnc4ccc(-c5cnn(CC(O)CO)c5)cc43)ccc2n1)C1CC1. The first-order valence-electron chi connectivity index (χ1n) is 11.4. The lowest BCUT2D eigenvalue weighted by Gasteiger charge is -2.06. The fourth-order valence-corrected chi connectivity index (χ4v) is 3.94. The van der Waals surface area contributed by atoms with E-state index in [4.69, 9.17) is 5.11 Å². The summed E-state index contributed by atoms with van der Waals surface area (Å²) in [5.41, 5.74) is 4.82. The Hall–Kier alpha value is -4.16. The van der Waals surface area contributed by atoms with Gasteiger partial charge in [0.2, 0.25) is 5.91 Å². The quantitative estimate of drug-likeness (QED) is 0.303. The Morgan fingerprint density at radius 3 is 2.89 bits per heavy atom. The van der Waals surface area contributed by atoms with Crippen molar-refractivity contribution in [3.63, 3.8) is 0 Å². The molecule has 4 aromatic heterocycles. The van der Waals surface area contributed by atoms with Gasteiger partial charge in [0.25, 0.3) is 0 Å². The van der Waals surface area contributed by atoms with Gasteiger partial charge in [0.05, 0.1) is 49.4 Å². The Morgan fingerprint density at radius 2 is 2.06 bits per heavy atom. The number of benzene rings is 1. The van der Waals surface area contributed by atoms with E-state index in [0.717, 1.165) is 40.7 Å². The molecule has 12 nitrogen and oxygen atoms in total.